The van der Waals surface area contributed by atoms with E-state index in [1.54, 1.807) is 0 Å². The van der Waals surface area contributed by atoms with Crippen LogP contribution in [-0.4, -0.2) is 41.1 Å². The van der Waals surface area contributed by atoms with E-state index in [0.717, 1.165) is 39.0 Å². The van der Waals surface area contributed by atoms with E-state index < -0.39 is 4.92 Å². The third kappa shape index (κ3) is 3.77. The van der Waals surface area contributed by atoms with Gasteiger partial charge in [0, 0.05) is 26.2 Å². The molecule has 2 aliphatic heterocycles. The minimum Gasteiger partial charge on any atom is -0.378 e. The monoisotopic (exact) mass is 348 g/mol. The van der Waals surface area contributed by atoms with E-state index in [4.69, 9.17) is 5.73 Å². The zero-order valence-electron chi connectivity index (χ0n) is 15.3. The maximum Gasteiger partial charge on any atom is 0.353 e. The second kappa shape index (κ2) is 7.01. The van der Waals surface area contributed by atoms with Crippen molar-refractivity contribution in [1.29, 1.82) is 0 Å². The number of piperidine rings is 2. The summed E-state index contributed by atoms with van der Waals surface area (Å²) in [6, 6.07) is 0. The quantitative estimate of drug-likeness (QED) is 0.662. The van der Waals surface area contributed by atoms with E-state index in [1.165, 1.54) is 6.42 Å². The van der Waals surface area contributed by atoms with Gasteiger partial charge in [-0.1, -0.05) is 20.8 Å². The third-order valence-corrected chi connectivity index (χ3v) is 5.17. The fourth-order valence-electron chi connectivity index (χ4n) is 4.19. The molecule has 3 atom stereocenters. The molecule has 1 aromatic rings. The van der Waals surface area contributed by atoms with E-state index in [0.29, 0.717) is 29.5 Å². The molecular weight excluding hydrogens is 320 g/mol. The number of nitrogens with zero attached hydrogens (tertiary/aromatic N) is 5. The molecule has 2 N–H and O–H groups in total. The molecule has 0 aromatic carbocycles. The Kier molecular flexibility index (Phi) is 4.96. The van der Waals surface area contributed by atoms with Crippen molar-refractivity contribution < 1.29 is 4.92 Å². The first kappa shape index (κ1) is 17.7. The Bertz CT molecular complexity index is 642. The first-order chi connectivity index (χ1) is 11.8. The molecule has 8 nitrogen and oxygen atoms in total. The van der Waals surface area contributed by atoms with Crippen LogP contribution in [0, 0.1) is 27.9 Å². The van der Waals surface area contributed by atoms with Gasteiger partial charge in [-0.15, -0.1) is 0 Å². The number of nitrogens with two attached hydrogens (primary N) is 1. The van der Waals surface area contributed by atoms with Gasteiger partial charge < -0.3 is 15.5 Å². The summed E-state index contributed by atoms with van der Waals surface area (Å²) in [5.41, 5.74) is 5.84. The number of hydrogen-bond donors (Lipinski definition) is 1. The molecule has 0 amide bonds. The van der Waals surface area contributed by atoms with Crippen LogP contribution < -0.4 is 15.5 Å². The molecule has 138 valence electrons. The first-order valence-corrected chi connectivity index (χ1v) is 9.17. The SMILES string of the molecule is C[C@@H]1C[C@@H](C)CN(c2nc(N)c([N+](=O)[O-])c(N3CCC[C@@H](C)C3)n2)C1. The summed E-state index contributed by atoms with van der Waals surface area (Å²) < 4.78 is 0. The highest BCUT2D eigenvalue weighted by atomic mass is 16.6. The molecule has 0 unspecified atom stereocenters. The van der Waals surface area contributed by atoms with Gasteiger partial charge in [-0.2, -0.15) is 9.97 Å². The van der Waals surface area contributed by atoms with Gasteiger partial charge in [0.15, 0.2) is 0 Å². The van der Waals surface area contributed by atoms with Crippen LogP contribution >= 0.6 is 0 Å². The smallest absolute Gasteiger partial charge is 0.353 e. The van der Waals surface area contributed by atoms with Gasteiger partial charge in [0.25, 0.3) is 0 Å². The molecular formula is C17H28N6O2. The van der Waals surface area contributed by atoms with Crippen molar-refractivity contribution in [3.63, 3.8) is 0 Å². The van der Waals surface area contributed by atoms with E-state index in [-0.39, 0.29) is 11.5 Å². The lowest BCUT2D eigenvalue weighted by atomic mass is 9.92. The van der Waals surface area contributed by atoms with Crippen LogP contribution in [0.2, 0.25) is 0 Å². The zero-order valence-corrected chi connectivity index (χ0v) is 15.3. The number of anilines is 3. The molecule has 3 rings (SSSR count). The predicted molar refractivity (Wildman–Crippen MR) is 98.9 cm³/mol. The Morgan fingerprint density at radius 1 is 1.08 bits per heavy atom. The summed E-state index contributed by atoms with van der Waals surface area (Å²) in [6.45, 7) is 9.85. The Morgan fingerprint density at radius 2 is 1.72 bits per heavy atom. The Hall–Kier alpha value is -2.12. The highest BCUT2D eigenvalue weighted by Crippen LogP contribution is 2.36. The normalized spacial score (nSPS) is 27.4. The van der Waals surface area contributed by atoms with E-state index >= 15 is 0 Å². The van der Waals surface area contributed by atoms with Gasteiger partial charge >= 0.3 is 5.69 Å². The summed E-state index contributed by atoms with van der Waals surface area (Å²) in [4.78, 5) is 24.2. The van der Waals surface area contributed by atoms with Crippen molar-refractivity contribution in [3.05, 3.63) is 10.1 Å². The molecule has 1 aromatic heterocycles. The molecule has 2 aliphatic rings. The lowest BCUT2D eigenvalue weighted by Crippen LogP contribution is -2.40. The van der Waals surface area contributed by atoms with E-state index in [2.05, 4.69) is 35.6 Å². The van der Waals surface area contributed by atoms with Gasteiger partial charge in [0.2, 0.25) is 17.6 Å². The van der Waals surface area contributed by atoms with Crippen molar-refractivity contribution >= 4 is 23.3 Å². The van der Waals surface area contributed by atoms with Crippen LogP contribution in [0.3, 0.4) is 0 Å². The highest BCUT2D eigenvalue weighted by Gasteiger charge is 2.32. The zero-order chi connectivity index (χ0) is 18.1. The van der Waals surface area contributed by atoms with Crippen molar-refractivity contribution in [2.24, 2.45) is 17.8 Å². The fraction of sp³-hybridized carbons (Fsp3) is 0.765. The first-order valence-electron chi connectivity index (χ1n) is 9.17. The average Bonchev–Trinajstić information content (AvgIpc) is 2.52. The summed E-state index contributed by atoms with van der Waals surface area (Å²) in [5, 5.41) is 11.6. The van der Waals surface area contributed by atoms with Crippen molar-refractivity contribution in [2.45, 2.75) is 40.0 Å². The molecule has 0 saturated carbocycles. The van der Waals surface area contributed by atoms with Crippen LogP contribution in [0.1, 0.15) is 40.0 Å². The van der Waals surface area contributed by atoms with Crippen LogP contribution in [-0.2, 0) is 0 Å². The van der Waals surface area contributed by atoms with Crippen LogP contribution in [0.5, 0.6) is 0 Å². The molecule has 0 bridgehead atoms. The largest absolute Gasteiger partial charge is 0.378 e. The maximum absolute atomic E-state index is 11.6. The van der Waals surface area contributed by atoms with Crippen molar-refractivity contribution in [2.75, 3.05) is 41.7 Å². The summed E-state index contributed by atoms with van der Waals surface area (Å²) >= 11 is 0. The van der Waals surface area contributed by atoms with Crippen LogP contribution in [0.25, 0.3) is 0 Å². The average molecular weight is 348 g/mol. The second-order valence-corrected chi connectivity index (χ2v) is 7.88. The predicted octanol–water partition coefficient (Wildman–Crippen LogP) is 2.69. The Labute approximate surface area is 148 Å². The van der Waals surface area contributed by atoms with Crippen molar-refractivity contribution in [3.8, 4) is 0 Å². The summed E-state index contributed by atoms with van der Waals surface area (Å²) in [6.07, 6.45) is 3.32. The number of nitrogen functional groups attached to an aromatic ring is 1. The summed E-state index contributed by atoms with van der Waals surface area (Å²) in [5.74, 6) is 2.45. The summed E-state index contributed by atoms with van der Waals surface area (Å²) in [7, 11) is 0. The molecule has 3 heterocycles. The minimum atomic E-state index is -0.449. The number of nitro groups is 1. The number of rotatable bonds is 3. The van der Waals surface area contributed by atoms with Crippen molar-refractivity contribution in [1.82, 2.24) is 9.97 Å². The third-order valence-electron chi connectivity index (χ3n) is 5.17. The number of aromatic nitrogens is 2. The topological polar surface area (TPSA) is 101 Å². The Morgan fingerprint density at radius 3 is 2.32 bits per heavy atom. The van der Waals surface area contributed by atoms with Gasteiger partial charge in [-0.3, -0.25) is 10.1 Å². The molecule has 25 heavy (non-hydrogen) atoms. The molecule has 2 saturated heterocycles. The molecule has 0 radical (unpaired) electrons. The lowest BCUT2D eigenvalue weighted by molar-refractivity contribution is -0.383. The van der Waals surface area contributed by atoms with Gasteiger partial charge in [-0.25, -0.2) is 0 Å². The molecule has 2 fully saturated rings. The molecule has 0 spiro atoms. The van der Waals surface area contributed by atoms with Gasteiger partial charge in [-0.05, 0) is 37.0 Å². The Balaban J connectivity index is 1.99. The van der Waals surface area contributed by atoms with E-state index in [1.807, 2.05) is 4.90 Å². The highest BCUT2D eigenvalue weighted by molar-refractivity contribution is 5.71. The lowest BCUT2D eigenvalue weighted by Gasteiger charge is -2.36. The minimum absolute atomic E-state index is 0.0332. The van der Waals surface area contributed by atoms with Gasteiger partial charge in [0.1, 0.15) is 0 Å². The number of hydrogen-bond acceptors (Lipinski definition) is 7. The van der Waals surface area contributed by atoms with Crippen LogP contribution in [0.15, 0.2) is 0 Å². The maximum atomic E-state index is 11.6. The second-order valence-electron chi connectivity index (χ2n) is 7.88. The fourth-order valence-corrected chi connectivity index (χ4v) is 4.19. The standard InChI is InChI=1S/C17H28N6O2/c1-11-5-4-6-21(8-11)16-14(23(24)25)15(18)19-17(20-16)22-9-12(2)7-13(3)10-22/h11-13H,4-10H2,1-3H3,(H2,18,19,20)/t11-,12-,13-/m1/s1. The van der Waals surface area contributed by atoms with Crippen LogP contribution in [0.4, 0.5) is 23.3 Å². The van der Waals surface area contributed by atoms with E-state index in [9.17, 15) is 10.1 Å². The molecule has 8 heteroatoms. The van der Waals surface area contributed by atoms with Gasteiger partial charge in [0.05, 0.1) is 4.92 Å². The molecule has 0 aliphatic carbocycles.